The third kappa shape index (κ3) is 3.97. The largest absolute Gasteiger partial charge is 0.481 e. The molecule has 0 aromatic heterocycles. The SMILES string of the molecule is Cc1cc(C(F)(F)F)ccc1NCCC(=O)O. The summed E-state index contributed by atoms with van der Waals surface area (Å²) in [6, 6.07) is 3.30. The van der Waals surface area contributed by atoms with Crippen molar-refractivity contribution in [1.29, 1.82) is 0 Å². The van der Waals surface area contributed by atoms with Crippen molar-refractivity contribution in [1.82, 2.24) is 0 Å². The van der Waals surface area contributed by atoms with Gasteiger partial charge in [0.15, 0.2) is 0 Å². The Morgan fingerprint density at radius 2 is 2.06 bits per heavy atom. The highest BCUT2D eigenvalue weighted by Gasteiger charge is 2.30. The van der Waals surface area contributed by atoms with Gasteiger partial charge in [0.2, 0.25) is 0 Å². The summed E-state index contributed by atoms with van der Waals surface area (Å²) < 4.78 is 37.1. The number of halogens is 3. The number of nitrogens with one attached hydrogen (secondary N) is 1. The van der Waals surface area contributed by atoms with Gasteiger partial charge < -0.3 is 10.4 Å². The minimum Gasteiger partial charge on any atom is -0.481 e. The molecule has 0 saturated carbocycles. The van der Waals surface area contributed by atoms with Crippen LogP contribution in [0.25, 0.3) is 0 Å². The first-order valence-corrected chi connectivity index (χ1v) is 4.94. The molecule has 17 heavy (non-hydrogen) atoms. The van der Waals surface area contributed by atoms with Gasteiger partial charge in [-0.2, -0.15) is 13.2 Å². The summed E-state index contributed by atoms with van der Waals surface area (Å²) >= 11 is 0. The van der Waals surface area contributed by atoms with Gasteiger partial charge in [-0.15, -0.1) is 0 Å². The maximum absolute atomic E-state index is 12.4. The molecule has 0 fully saturated rings. The second-order valence-electron chi connectivity index (χ2n) is 3.60. The second-order valence-corrected chi connectivity index (χ2v) is 3.60. The van der Waals surface area contributed by atoms with Crippen LogP contribution in [0.4, 0.5) is 18.9 Å². The van der Waals surface area contributed by atoms with E-state index in [-0.39, 0.29) is 13.0 Å². The van der Waals surface area contributed by atoms with Crippen LogP contribution in [0.3, 0.4) is 0 Å². The topological polar surface area (TPSA) is 49.3 Å². The zero-order valence-corrected chi connectivity index (χ0v) is 9.14. The van der Waals surface area contributed by atoms with Gasteiger partial charge in [0.05, 0.1) is 12.0 Å². The Bertz CT molecular complexity index is 416. The maximum atomic E-state index is 12.4. The number of rotatable bonds is 4. The van der Waals surface area contributed by atoms with Crippen LogP contribution in [0.5, 0.6) is 0 Å². The molecule has 0 radical (unpaired) electrons. The van der Waals surface area contributed by atoms with Crippen LogP contribution in [-0.4, -0.2) is 17.6 Å². The molecule has 0 aliphatic rings. The molecule has 0 aliphatic carbocycles. The Balaban J connectivity index is 2.73. The molecule has 94 valence electrons. The highest BCUT2D eigenvalue weighted by atomic mass is 19.4. The van der Waals surface area contributed by atoms with Crippen molar-refractivity contribution in [3.05, 3.63) is 29.3 Å². The summed E-state index contributed by atoms with van der Waals surface area (Å²) in [6.45, 7) is 1.72. The third-order valence-electron chi connectivity index (χ3n) is 2.21. The van der Waals surface area contributed by atoms with E-state index in [1.807, 2.05) is 0 Å². The van der Waals surface area contributed by atoms with Gasteiger partial charge >= 0.3 is 12.1 Å². The van der Waals surface area contributed by atoms with Crippen LogP contribution in [0, 0.1) is 6.92 Å². The van der Waals surface area contributed by atoms with Gasteiger partial charge in [-0.1, -0.05) is 0 Å². The van der Waals surface area contributed by atoms with E-state index in [2.05, 4.69) is 5.32 Å². The number of benzene rings is 1. The molecule has 0 amide bonds. The Morgan fingerprint density at radius 1 is 1.41 bits per heavy atom. The summed E-state index contributed by atoms with van der Waals surface area (Å²) in [6.07, 6.45) is -4.44. The fourth-order valence-corrected chi connectivity index (χ4v) is 1.34. The first-order chi connectivity index (χ1) is 7.80. The van der Waals surface area contributed by atoms with E-state index in [0.29, 0.717) is 11.3 Å². The lowest BCUT2D eigenvalue weighted by atomic mass is 10.1. The lowest BCUT2D eigenvalue weighted by molar-refractivity contribution is -0.138. The van der Waals surface area contributed by atoms with Gasteiger partial charge in [0.1, 0.15) is 0 Å². The van der Waals surface area contributed by atoms with Crippen molar-refractivity contribution >= 4 is 11.7 Å². The van der Waals surface area contributed by atoms with Gasteiger partial charge in [-0.05, 0) is 30.7 Å². The van der Waals surface area contributed by atoms with E-state index in [1.165, 1.54) is 6.07 Å². The molecule has 0 spiro atoms. The van der Waals surface area contributed by atoms with Crippen LogP contribution in [0.2, 0.25) is 0 Å². The number of carboxylic acids is 1. The molecule has 1 rings (SSSR count). The van der Waals surface area contributed by atoms with Crippen LogP contribution >= 0.6 is 0 Å². The first kappa shape index (κ1) is 13.3. The first-order valence-electron chi connectivity index (χ1n) is 4.94. The summed E-state index contributed by atoms with van der Waals surface area (Å²) in [7, 11) is 0. The predicted molar refractivity (Wildman–Crippen MR) is 56.9 cm³/mol. The lowest BCUT2D eigenvalue weighted by Crippen LogP contribution is -2.10. The summed E-state index contributed by atoms with van der Waals surface area (Å²) in [4.78, 5) is 10.3. The molecule has 1 aromatic rings. The van der Waals surface area contributed by atoms with Crippen molar-refractivity contribution in [3.8, 4) is 0 Å². The molecule has 6 heteroatoms. The normalized spacial score (nSPS) is 11.3. The highest BCUT2D eigenvalue weighted by molar-refractivity contribution is 5.67. The quantitative estimate of drug-likeness (QED) is 0.860. The van der Waals surface area contributed by atoms with Gasteiger partial charge in [-0.25, -0.2) is 0 Å². The molecular weight excluding hydrogens is 235 g/mol. The Hall–Kier alpha value is -1.72. The van der Waals surface area contributed by atoms with Crippen molar-refractivity contribution in [3.63, 3.8) is 0 Å². The number of hydrogen-bond acceptors (Lipinski definition) is 2. The van der Waals surface area contributed by atoms with Gasteiger partial charge in [-0.3, -0.25) is 4.79 Å². The van der Waals surface area contributed by atoms with E-state index in [4.69, 9.17) is 5.11 Å². The lowest BCUT2D eigenvalue weighted by Gasteiger charge is -2.12. The van der Waals surface area contributed by atoms with Gasteiger partial charge in [0.25, 0.3) is 0 Å². The molecule has 0 saturated heterocycles. The minimum absolute atomic E-state index is 0.0829. The molecule has 0 heterocycles. The number of carbonyl (C=O) groups is 1. The average molecular weight is 247 g/mol. The standard InChI is InChI=1S/C11H12F3NO2/c1-7-6-8(11(12,13)14)2-3-9(7)15-5-4-10(16)17/h2-3,6,15H,4-5H2,1H3,(H,16,17). The number of alkyl halides is 3. The Labute approximate surface area is 96.3 Å². The molecule has 1 aromatic carbocycles. The van der Waals surface area contributed by atoms with Crippen molar-refractivity contribution in [2.24, 2.45) is 0 Å². The number of aliphatic carboxylic acids is 1. The number of anilines is 1. The number of hydrogen-bond donors (Lipinski definition) is 2. The fourth-order valence-electron chi connectivity index (χ4n) is 1.34. The highest BCUT2D eigenvalue weighted by Crippen LogP contribution is 2.31. The second kappa shape index (κ2) is 5.07. The Kier molecular flexibility index (Phi) is 3.98. The molecule has 0 unspecified atom stereocenters. The monoisotopic (exact) mass is 247 g/mol. The van der Waals surface area contributed by atoms with E-state index in [1.54, 1.807) is 6.92 Å². The van der Waals surface area contributed by atoms with Crippen LogP contribution in [0.15, 0.2) is 18.2 Å². The minimum atomic E-state index is -4.36. The van der Waals surface area contributed by atoms with Crippen molar-refractivity contribution in [2.75, 3.05) is 11.9 Å². The van der Waals surface area contributed by atoms with Crippen molar-refractivity contribution < 1.29 is 23.1 Å². The zero-order valence-electron chi connectivity index (χ0n) is 9.14. The fraction of sp³-hybridized carbons (Fsp3) is 0.364. The van der Waals surface area contributed by atoms with E-state index in [0.717, 1.165) is 12.1 Å². The summed E-state index contributed by atoms with van der Waals surface area (Å²) in [5.41, 5.74) is 0.239. The maximum Gasteiger partial charge on any atom is 0.416 e. The number of aryl methyl sites for hydroxylation is 1. The predicted octanol–water partition coefficient (Wildman–Crippen LogP) is 2.90. The molecule has 0 atom stereocenters. The molecule has 3 nitrogen and oxygen atoms in total. The van der Waals surface area contributed by atoms with Gasteiger partial charge in [0, 0.05) is 12.2 Å². The number of carboxylic acid groups (broad SMARTS) is 1. The summed E-state index contributed by atoms with van der Waals surface area (Å²) in [5, 5.41) is 11.2. The van der Waals surface area contributed by atoms with Crippen LogP contribution in [0.1, 0.15) is 17.5 Å². The molecular formula is C11H12F3NO2. The van der Waals surface area contributed by atoms with E-state index < -0.39 is 17.7 Å². The van der Waals surface area contributed by atoms with E-state index in [9.17, 15) is 18.0 Å². The van der Waals surface area contributed by atoms with E-state index >= 15 is 0 Å². The zero-order chi connectivity index (χ0) is 13.1. The molecule has 2 N–H and O–H groups in total. The van der Waals surface area contributed by atoms with Crippen LogP contribution in [-0.2, 0) is 11.0 Å². The van der Waals surface area contributed by atoms with Crippen LogP contribution < -0.4 is 5.32 Å². The molecule has 0 bridgehead atoms. The Morgan fingerprint density at radius 3 is 2.53 bits per heavy atom. The summed E-state index contributed by atoms with van der Waals surface area (Å²) in [5.74, 6) is -0.956. The van der Waals surface area contributed by atoms with Crippen molar-refractivity contribution in [2.45, 2.75) is 19.5 Å². The molecule has 0 aliphatic heterocycles. The smallest absolute Gasteiger partial charge is 0.416 e. The average Bonchev–Trinajstić information content (AvgIpc) is 2.18. The third-order valence-corrected chi connectivity index (χ3v) is 2.21.